The van der Waals surface area contributed by atoms with Crippen molar-refractivity contribution in [3.63, 3.8) is 0 Å². The van der Waals surface area contributed by atoms with Crippen LogP contribution in [0.2, 0.25) is 6.32 Å². The van der Waals surface area contributed by atoms with Gasteiger partial charge in [-0.3, -0.25) is 0 Å². The lowest BCUT2D eigenvalue weighted by molar-refractivity contribution is 0.881. The lowest BCUT2D eigenvalue weighted by Crippen LogP contribution is -1.82. The average molecular weight is 123 g/mol. The Bertz CT molecular complexity index is 67.0. The average Bonchev–Trinajstić information content (AvgIpc) is 1.89. The van der Waals surface area contributed by atoms with Gasteiger partial charge < -0.3 is 0 Å². The van der Waals surface area contributed by atoms with Gasteiger partial charge in [-0.25, -0.2) is 0 Å². The predicted octanol–water partition coefficient (Wildman–Crippen LogP) is 2.83. The quantitative estimate of drug-likeness (QED) is 0.389. The van der Waals surface area contributed by atoms with E-state index in [2.05, 4.69) is 33.2 Å². The largest absolute Gasteiger partial charge is 0.140 e. The van der Waals surface area contributed by atoms with Crippen LogP contribution in [0.25, 0.3) is 0 Å². The molecule has 51 valence electrons. The Kier molecular flexibility index (Phi) is 7.64. The smallest absolute Gasteiger partial charge is 0.127 e. The summed E-state index contributed by atoms with van der Waals surface area (Å²) in [7, 11) is 2.24. The number of hydrogen-bond acceptors (Lipinski definition) is 0. The van der Waals surface area contributed by atoms with Crippen molar-refractivity contribution >= 4 is 7.28 Å². The van der Waals surface area contributed by atoms with Crippen LogP contribution in [0.4, 0.5) is 0 Å². The van der Waals surface area contributed by atoms with E-state index in [-0.39, 0.29) is 0 Å². The summed E-state index contributed by atoms with van der Waals surface area (Å²) in [5, 5.41) is 0. The Morgan fingerprint density at radius 3 is 2.67 bits per heavy atom. The molecular formula is C8H16B. The van der Waals surface area contributed by atoms with Gasteiger partial charge in [0.05, 0.1) is 0 Å². The van der Waals surface area contributed by atoms with Gasteiger partial charge >= 0.3 is 0 Å². The van der Waals surface area contributed by atoms with Crippen LogP contribution < -0.4 is 0 Å². The fourth-order valence-electron chi connectivity index (χ4n) is 0.651. The standard InChI is InChI=1S/C8H16B/c1-3-5-7-9-8-6-4-2/h5,7H,3-4,6,8H2,1-2H3. The third kappa shape index (κ3) is 7.80. The Labute approximate surface area is 59.6 Å². The number of allylic oxidation sites excluding steroid dienone is 1. The maximum atomic E-state index is 2.24. The van der Waals surface area contributed by atoms with Crippen LogP contribution in [0.1, 0.15) is 33.1 Å². The van der Waals surface area contributed by atoms with Gasteiger partial charge in [-0.2, -0.15) is 0 Å². The molecule has 0 amide bonds. The summed E-state index contributed by atoms with van der Waals surface area (Å²) in [5.74, 6) is 2.16. The molecule has 0 aliphatic heterocycles. The van der Waals surface area contributed by atoms with Gasteiger partial charge in [0.25, 0.3) is 0 Å². The van der Waals surface area contributed by atoms with Crippen molar-refractivity contribution in [1.82, 2.24) is 0 Å². The number of hydrogen-bond donors (Lipinski definition) is 0. The summed E-state index contributed by atoms with van der Waals surface area (Å²) in [6.07, 6.45) is 7.22. The topological polar surface area (TPSA) is 0 Å². The SMILES string of the molecule is CCC=C[B]CCCC. The Morgan fingerprint density at radius 1 is 1.33 bits per heavy atom. The molecule has 0 aliphatic rings. The van der Waals surface area contributed by atoms with Crippen molar-refractivity contribution in [3.8, 4) is 0 Å². The molecule has 0 aromatic heterocycles. The summed E-state index contributed by atoms with van der Waals surface area (Å²) in [4.78, 5) is 0. The fraction of sp³-hybridized carbons (Fsp3) is 0.750. The van der Waals surface area contributed by atoms with Crippen LogP contribution in [0.5, 0.6) is 0 Å². The second-order valence-electron chi connectivity index (χ2n) is 2.21. The summed E-state index contributed by atoms with van der Waals surface area (Å²) >= 11 is 0. The molecule has 0 N–H and O–H groups in total. The van der Waals surface area contributed by atoms with Crippen molar-refractivity contribution in [2.24, 2.45) is 0 Å². The third-order valence-electron chi connectivity index (χ3n) is 1.23. The van der Waals surface area contributed by atoms with E-state index in [1.807, 2.05) is 0 Å². The molecule has 0 nitrogen and oxygen atoms in total. The number of unbranched alkanes of at least 4 members (excludes halogenated alkanes) is 1. The van der Waals surface area contributed by atoms with E-state index in [4.69, 9.17) is 0 Å². The molecule has 0 saturated heterocycles. The maximum absolute atomic E-state index is 2.24. The van der Waals surface area contributed by atoms with E-state index < -0.39 is 0 Å². The van der Waals surface area contributed by atoms with Crippen LogP contribution in [0.15, 0.2) is 12.1 Å². The minimum absolute atomic E-state index is 1.16. The zero-order chi connectivity index (χ0) is 6.95. The molecule has 0 unspecified atom stereocenters. The highest BCUT2D eigenvalue weighted by atomic mass is 13.7. The fourth-order valence-corrected chi connectivity index (χ4v) is 0.651. The Hall–Kier alpha value is -0.195. The van der Waals surface area contributed by atoms with Gasteiger partial charge in [0.2, 0.25) is 0 Å². The second-order valence-corrected chi connectivity index (χ2v) is 2.21. The van der Waals surface area contributed by atoms with Gasteiger partial charge in [0.15, 0.2) is 0 Å². The summed E-state index contributed by atoms with van der Waals surface area (Å²) in [5.41, 5.74) is 0. The van der Waals surface area contributed by atoms with Gasteiger partial charge in [-0.15, -0.1) is 5.98 Å². The van der Waals surface area contributed by atoms with Crippen molar-refractivity contribution in [3.05, 3.63) is 12.1 Å². The van der Waals surface area contributed by atoms with Gasteiger partial charge in [0, 0.05) is 0 Å². The highest BCUT2D eigenvalue weighted by molar-refractivity contribution is 6.41. The molecule has 0 spiro atoms. The van der Waals surface area contributed by atoms with E-state index in [1.54, 1.807) is 0 Å². The van der Waals surface area contributed by atoms with E-state index in [0.717, 1.165) is 6.42 Å². The molecule has 0 atom stereocenters. The zero-order valence-corrected chi connectivity index (χ0v) is 6.56. The summed E-state index contributed by atoms with van der Waals surface area (Å²) < 4.78 is 0. The van der Waals surface area contributed by atoms with Crippen LogP contribution >= 0.6 is 0 Å². The first kappa shape index (κ1) is 8.80. The Balaban J connectivity index is 2.82. The zero-order valence-electron chi connectivity index (χ0n) is 6.56. The molecule has 0 saturated carbocycles. The van der Waals surface area contributed by atoms with Crippen molar-refractivity contribution in [1.29, 1.82) is 0 Å². The van der Waals surface area contributed by atoms with Crippen LogP contribution in [0.3, 0.4) is 0 Å². The van der Waals surface area contributed by atoms with E-state index in [0.29, 0.717) is 0 Å². The first-order chi connectivity index (χ1) is 4.41. The van der Waals surface area contributed by atoms with E-state index in [9.17, 15) is 0 Å². The maximum Gasteiger partial charge on any atom is 0.140 e. The Morgan fingerprint density at radius 2 is 2.11 bits per heavy atom. The molecule has 0 rings (SSSR count). The monoisotopic (exact) mass is 123 g/mol. The number of rotatable bonds is 5. The van der Waals surface area contributed by atoms with Crippen LogP contribution in [0, 0.1) is 0 Å². The van der Waals surface area contributed by atoms with Gasteiger partial charge in [-0.1, -0.05) is 39.1 Å². The molecule has 1 radical (unpaired) electrons. The lowest BCUT2D eigenvalue weighted by atomic mass is 9.73. The highest BCUT2D eigenvalue weighted by Gasteiger charge is 1.82. The van der Waals surface area contributed by atoms with Crippen LogP contribution in [-0.2, 0) is 0 Å². The van der Waals surface area contributed by atoms with Gasteiger partial charge in [-0.05, 0) is 6.42 Å². The molecule has 0 aromatic rings. The van der Waals surface area contributed by atoms with Crippen molar-refractivity contribution < 1.29 is 0 Å². The van der Waals surface area contributed by atoms with Crippen molar-refractivity contribution in [2.45, 2.75) is 39.4 Å². The van der Waals surface area contributed by atoms with Crippen molar-refractivity contribution in [2.75, 3.05) is 0 Å². The van der Waals surface area contributed by atoms with Crippen LogP contribution in [-0.4, -0.2) is 7.28 Å². The first-order valence-electron chi connectivity index (χ1n) is 3.90. The van der Waals surface area contributed by atoms with E-state index >= 15 is 0 Å². The second kappa shape index (κ2) is 7.80. The molecule has 0 bridgehead atoms. The normalized spacial score (nSPS) is 10.4. The molecule has 9 heavy (non-hydrogen) atoms. The summed E-state index contributed by atoms with van der Waals surface area (Å²) in [6.45, 7) is 4.38. The minimum atomic E-state index is 1.16. The molecular weight excluding hydrogens is 107 g/mol. The highest BCUT2D eigenvalue weighted by Crippen LogP contribution is 1.93. The molecule has 1 heteroatoms. The molecule has 0 fully saturated rings. The molecule has 0 heterocycles. The minimum Gasteiger partial charge on any atom is -0.127 e. The van der Waals surface area contributed by atoms with E-state index in [1.165, 1.54) is 19.2 Å². The molecule has 0 aromatic carbocycles. The molecule has 0 aliphatic carbocycles. The predicted molar refractivity (Wildman–Crippen MR) is 44.9 cm³/mol. The third-order valence-corrected chi connectivity index (χ3v) is 1.23. The summed E-state index contributed by atoms with van der Waals surface area (Å²) in [6, 6.07) is 0. The first-order valence-corrected chi connectivity index (χ1v) is 3.90. The lowest BCUT2D eigenvalue weighted by Gasteiger charge is -1.87. The van der Waals surface area contributed by atoms with Gasteiger partial charge in [0.1, 0.15) is 7.28 Å².